The van der Waals surface area contributed by atoms with Crippen molar-refractivity contribution in [3.8, 4) is 0 Å². The molecular formula is C15H30O2. The normalized spacial score (nSPS) is 33.9. The van der Waals surface area contributed by atoms with E-state index in [4.69, 9.17) is 9.47 Å². The Labute approximate surface area is 107 Å². The van der Waals surface area contributed by atoms with Crippen molar-refractivity contribution in [3.05, 3.63) is 0 Å². The molecule has 0 bridgehead atoms. The minimum atomic E-state index is -0.319. The van der Waals surface area contributed by atoms with Crippen LogP contribution in [0.15, 0.2) is 0 Å². The van der Waals surface area contributed by atoms with Crippen molar-refractivity contribution in [3.63, 3.8) is 0 Å². The highest BCUT2D eigenvalue weighted by Crippen LogP contribution is 2.33. The predicted octanol–water partition coefficient (Wildman–Crippen LogP) is 4.52. The quantitative estimate of drug-likeness (QED) is 0.611. The zero-order valence-corrected chi connectivity index (χ0v) is 12.1. The molecule has 0 aliphatic carbocycles. The topological polar surface area (TPSA) is 18.5 Å². The summed E-state index contributed by atoms with van der Waals surface area (Å²) in [5.74, 6) is 0.273. The molecule has 0 amide bonds. The van der Waals surface area contributed by atoms with Crippen molar-refractivity contribution >= 4 is 0 Å². The monoisotopic (exact) mass is 242 g/mol. The van der Waals surface area contributed by atoms with Gasteiger partial charge < -0.3 is 9.47 Å². The molecule has 0 N–H and O–H groups in total. The van der Waals surface area contributed by atoms with E-state index in [0.717, 1.165) is 19.4 Å². The summed E-state index contributed by atoms with van der Waals surface area (Å²) < 4.78 is 12.2. The minimum Gasteiger partial charge on any atom is -0.350 e. The average Bonchev–Trinajstić information content (AvgIpc) is 2.30. The molecule has 1 aliphatic rings. The van der Waals surface area contributed by atoms with Gasteiger partial charge in [-0.05, 0) is 26.2 Å². The van der Waals surface area contributed by atoms with Crippen molar-refractivity contribution in [2.75, 3.05) is 6.61 Å². The van der Waals surface area contributed by atoms with Crippen LogP contribution in [-0.4, -0.2) is 18.5 Å². The molecule has 1 fully saturated rings. The van der Waals surface area contributed by atoms with E-state index in [9.17, 15) is 0 Å². The van der Waals surface area contributed by atoms with E-state index in [1.807, 2.05) is 0 Å². The van der Waals surface area contributed by atoms with E-state index in [1.165, 1.54) is 32.1 Å². The lowest BCUT2D eigenvalue weighted by Gasteiger charge is -2.43. The minimum absolute atomic E-state index is 0.319. The molecule has 0 aromatic rings. The first-order chi connectivity index (χ1) is 8.15. The summed E-state index contributed by atoms with van der Waals surface area (Å²) in [5, 5.41) is 0. The Balaban J connectivity index is 2.47. The summed E-state index contributed by atoms with van der Waals surface area (Å²) in [5.41, 5.74) is 0. The highest BCUT2D eigenvalue weighted by Gasteiger charge is 2.37. The summed E-state index contributed by atoms with van der Waals surface area (Å²) in [6, 6.07) is 0. The molecule has 17 heavy (non-hydrogen) atoms. The number of hydrogen-bond acceptors (Lipinski definition) is 2. The van der Waals surface area contributed by atoms with Crippen LogP contribution < -0.4 is 0 Å². The van der Waals surface area contributed by atoms with E-state index in [0.29, 0.717) is 12.0 Å². The molecule has 0 unspecified atom stereocenters. The first-order valence-electron chi connectivity index (χ1n) is 7.47. The average molecular weight is 242 g/mol. The molecule has 0 spiro atoms. The van der Waals surface area contributed by atoms with Crippen LogP contribution in [0, 0.1) is 5.92 Å². The van der Waals surface area contributed by atoms with Crippen LogP contribution in [0.2, 0.25) is 0 Å². The third-order valence-corrected chi connectivity index (χ3v) is 3.86. The van der Waals surface area contributed by atoms with Gasteiger partial charge in [0.2, 0.25) is 0 Å². The Morgan fingerprint density at radius 2 is 1.88 bits per heavy atom. The maximum absolute atomic E-state index is 6.24. The number of ether oxygens (including phenoxy) is 2. The second kappa shape index (κ2) is 7.38. The highest BCUT2D eigenvalue weighted by molar-refractivity contribution is 4.79. The number of rotatable bonds is 7. The van der Waals surface area contributed by atoms with Crippen LogP contribution in [0.25, 0.3) is 0 Å². The smallest absolute Gasteiger partial charge is 0.165 e. The van der Waals surface area contributed by atoms with Gasteiger partial charge in [-0.15, -0.1) is 0 Å². The van der Waals surface area contributed by atoms with Gasteiger partial charge >= 0.3 is 0 Å². The van der Waals surface area contributed by atoms with E-state index < -0.39 is 0 Å². The molecule has 102 valence electrons. The van der Waals surface area contributed by atoms with Gasteiger partial charge in [-0.1, -0.05) is 40.0 Å². The van der Waals surface area contributed by atoms with Crippen molar-refractivity contribution in [2.24, 2.45) is 5.92 Å². The fourth-order valence-corrected chi connectivity index (χ4v) is 2.63. The van der Waals surface area contributed by atoms with E-state index >= 15 is 0 Å². The Morgan fingerprint density at radius 1 is 1.12 bits per heavy atom. The highest BCUT2D eigenvalue weighted by atomic mass is 16.7. The molecule has 0 aromatic heterocycles. The first kappa shape index (κ1) is 15.0. The predicted molar refractivity (Wildman–Crippen MR) is 72.1 cm³/mol. The lowest BCUT2D eigenvalue weighted by molar-refractivity contribution is -0.306. The van der Waals surface area contributed by atoms with Gasteiger partial charge in [0.15, 0.2) is 5.79 Å². The van der Waals surface area contributed by atoms with Gasteiger partial charge in [0, 0.05) is 12.3 Å². The van der Waals surface area contributed by atoms with Gasteiger partial charge in [0.05, 0.1) is 12.7 Å². The van der Waals surface area contributed by atoms with Gasteiger partial charge in [-0.3, -0.25) is 0 Å². The molecule has 0 aromatic carbocycles. The van der Waals surface area contributed by atoms with Crippen LogP contribution in [0.4, 0.5) is 0 Å². The third-order valence-electron chi connectivity index (χ3n) is 3.86. The molecule has 3 atom stereocenters. The Hall–Kier alpha value is -0.0800. The van der Waals surface area contributed by atoms with Crippen molar-refractivity contribution in [2.45, 2.75) is 84.5 Å². The fraction of sp³-hybridized carbons (Fsp3) is 1.00. The third kappa shape index (κ3) is 4.59. The molecule has 1 saturated heterocycles. The SMILES string of the molecule is CCCCC[C@@]1(C)OC[C@@H](CC)[C@H](CCC)O1. The number of hydrogen-bond donors (Lipinski definition) is 0. The summed E-state index contributed by atoms with van der Waals surface area (Å²) in [6.07, 6.45) is 8.72. The molecule has 2 heteroatoms. The summed E-state index contributed by atoms with van der Waals surface area (Å²) in [4.78, 5) is 0. The van der Waals surface area contributed by atoms with E-state index in [2.05, 4.69) is 27.7 Å². The molecule has 1 heterocycles. The Kier molecular flexibility index (Phi) is 6.50. The first-order valence-corrected chi connectivity index (χ1v) is 7.47. The zero-order chi connectivity index (χ0) is 12.7. The fourth-order valence-electron chi connectivity index (χ4n) is 2.63. The molecule has 0 saturated carbocycles. The Morgan fingerprint density at radius 3 is 2.47 bits per heavy atom. The van der Waals surface area contributed by atoms with Crippen LogP contribution >= 0.6 is 0 Å². The molecule has 1 rings (SSSR count). The maximum Gasteiger partial charge on any atom is 0.165 e. The van der Waals surface area contributed by atoms with Crippen LogP contribution in [0.5, 0.6) is 0 Å². The lowest BCUT2D eigenvalue weighted by Crippen LogP contribution is -2.47. The summed E-state index contributed by atoms with van der Waals surface area (Å²) in [7, 11) is 0. The standard InChI is InChI=1S/C15H30O2/c1-5-8-9-11-15(4)16-12-13(7-3)14(17-15)10-6-2/h13-14H,5-12H2,1-4H3/t13-,14+,15+/m1/s1. The van der Waals surface area contributed by atoms with Crippen LogP contribution in [0.3, 0.4) is 0 Å². The number of unbranched alkanes of at least 4 members (excludes halogenated alkanes) is 2. The van der Waals surface area contributed by atoms with E-state index in [1.54, 1.807) is 0 Å². The molecular weight excluding hydrogens is 212 g/mol. The molecule has 1 aliphatic heterocycles. The van der Waals surface area contributed by atoms with Gasteiger partial charge in [0.25, 0.3) is 0 Å². The van der Waals surface area contributed by atoms with Gasteiger partial charge in [-0.2, -0.15) is 0 Å². The molecule has 0 radical (unpaired) electrons. The second-order valence-electron chi connectivity index (χ2n) is 5.52. The van der Waals surface area contributed by atoms with Crippen molar-refractivity contribution < 1.29 is 9.47 Å². The largest absolute Gasteiger partial charge is 0.350 e. The Bertz CT molecular complexity index is 201. The maximum atomic E-state index is 6.24. The van der Waals surface area contributed by atoms with Crippen LogP contribution in [0.1, 0.15) is 72.6 Å². The van der Waals surface area contributed by atoms with Gasteiger partial charge in [0.1, 0.15) is 0 Å². The van der Waals surface area contributed by atoms with Gasteiger partial charge in [-0.25, -0.2) is 0 Å². The lowest BCUT2D eigenvalue weighted by atomic mass is 9.94. The second-order valence-corrected chi connectivity index (χ2v) is 5.52. The summed E-state index contributed by atoms with van der Waals surface area (Å²) in [6.45, 7) is 9.71. The van der Waals surface area contributed by atoms with Crippen molar-refractivity contribution in [1.82, 2.24) is 0 Å². The summed E-state index contributed by atoms with van der Waals surface area (Å²) >= 11 is 0. The zero-order valence-electron chi connectivity index (χ0n) is 12.1. The van der Waals surface area contributed by atoms with Crippen molar-refractivity contribution in [1.29, 1.82) is 0 Å². The van der Waals surface area contributed by atoms with E-state index in [-0.39, 0.29) is 5.79 Å². The van der Waals surface area contributed by atoms with Crippen LogP contribution in [-0.2, 0) is 9.47 Å². The molecule has 2 nitrogen and oxygen atoms in total.